The third-order valence-electron chi connectivity index (χ3n) is 1.84. The van der Waals surface area contributed by atoms with Crippen molar-refractivity contribution in [3.05, 3.63) is 55.6 Å². The van der Waals surface area contributed by atoms with Crippen LogP contribution in [0.2, 0.25) is 0 Å². The molecule has 0 aliphatic heterocycles. The van der Waals surface area contributed by atoms with Crippen LogP contribution in [0.5, 0.6) is 0 Å². The summed E-state index contributed by atoms with van der Waals surface area (Å²) in [6.07, 6.45) is 1.57. The summed E-state index contributed by atoms with van der Waals surface area (Å²) in [5, 5.41) is 0. The Kier molecular flexibility index (Phi) is 2.67. The van der Waals surface area contributed by atoms with E-state index >= 15 is 0 Å². The van der Waals surface area contributed by atoms with Crippen LogP contribution in [0.4, 0.5) is 10.2 Å². The van der Waals surface area contributed by atoms with E-state index in [4.69, 9.17) is 10.7 Å². The van der Waals surface area contributed by atoms with Gasteiger partial charge in [-0.1, -0.05) is 0 Å². The van der Waals surface area contributed by atoms with E-state index in [0.717, 1.165) is 6.20 Å². The molecule has 0 radical (unpaired) electrons. The average molecular weight is 255 g/mol. The van der Waals surface area contributed by atoms with Gasteiger partial charge in [0, 0.05) is 6.07 Å². The first kappa shape index (κ1) is 11.6. The van der Waals surface area contributed by atoms with Crippen molar-refractivity contribution in [3.63, 3.8) is 0 Å². The molecule has 0 saturated carbocycles. The largest absolute Gasteiger partial charge is 0.384 e. The van der Waals surface area contributed by atoms with E-state index in [1.54, 1.807) is 4.98 Å². The number of nitrogens with two attached hydrogens (primary N) is 1. The third-order valence-corrected chi connectivity index (χ3v) is 1.84. The summed E-state index contributed by atoms with van der Waals surface area (Å²) < 4.78 is 13.8. The zero-order chi connectivity index (χ0) is 13.3. The number of nitrogen functional groups attached to an aromatic ring is 1. The van der Waals surface area contributed by atoms with E-state index in [1.165, 1.54) is 6.07 Å². The minimum Gasteiger partial charge on any atom is -0.383 e. The quantitative estimate of drug-likeness (QED) is 0.622. The molecule has 2 aromatic rings. The number of rotatable bonds is 2. The highest BCUT2D eigenvalue weighted by Crippen LogP contribution is 1.88. The molecule has 10 heteroatoms. The van der Waals surface area contributed by atoms with Gasteiger partial charge in [0.25, 0.3) is 5.56 Å². The first-order valence-corrected chi connectivity index (χ1v) is 4.53. The Morgan fingerprint density at radius 3 is 2.72 bits per heavy atom. The lowest BCUT2D eigenvalue weighted by atomic mass is 10.6. The van der Waals surface area contributed by atoms with E-state index < -0.39 is 22.8 Å². The third kappa shape index (κ3) is 2.11. The van der Waals surface area contributed by atoms with Crippen LogP contribution in [-0.4, -0.2) is 19.4 Å². The molecule has 0 atom stereocenters. The van der Waals surface area contributed by atoms with Crippen LogP contribution in [0.25, 0.3) is 0 Å². The molecule has 18 heavy (non-hydrogen) atoms. The second kappa shape index (κ2) is 4.16. The number of aromatic amines is 1. The van der Waals surface area contributed by atoms with Crippen molar-refractivity contribution in [2.45, 2.75) is 0 Å². The van der Waals surface area contributed by atoms with Gasteiger partial charge in [0.2, 0.25) is 5.82 Å². The number of nitrogens with zero attached hydrogens (tertiary/aromatic N) is 3. The molecule has 2 aromatic heterocycles. The van der Waals surface area contributed by atoms with Gasteiger partial charge in [-0.3, -0.25) is 14.7 Å². The fraction of sp³-hybridized carbons (Fsp3) is 0. The van der Waals surface area contributed by atoms with Gasteiger partial charge < -0.3 is 5.73 Å². The molecule has 0 bridgehead atoms. The standard InChI is InChI=1S/C8H6FN5O4/c9-4-3-14(8(17)12-6(4)15)18-13-2-1-5(10)11-7(13)16/h1-3H,(H2,10,11,16)(H,12,15,17). The van der Waals surface area contributed by atoms with Crippen molar-refractivity contribution in [3.8, 4) is 0 Å². The van der Waals surface area contributed by atoms with Gasteiger partial charge >= 0.3 is 11.4 Å². The van der Waals surface area contributed by atoms with Crippen molar-refractivity contribution in [1.29, 1.82) is 0 Å². The Bertz CT molecular complexity index is 761. The van der Waals surface area contributed by atoms with E-state index in [2.05, 4.69) is 4.98 Å². The van der Waals surface area contributed by atoms with Crippen LogP contribution >= 0.6 is 0 Å². The normalized spacial score (nSPS) is 10.3. The van der Waals surface area contributed by atoms with Crippen LogP contribution in [0.1, 0.15) is 0 Å². The molecule has 0 aromatic carbocycles. The van der Waals surface area contributed by atoms with Crippen molar-refractivity contribution >= 4 is 5.82 Å². The molecule has 0 fully saturated rings. The Labute approximate surface area is 96.8 Å². The number of halogens is 1. The summed E-state index contributed by atoms with van der Waals surface area (Å²) in [6, 6.07) is 1.23. The lowest BCUT2D eigenvalue weighted by Gasteiger charge is -2.07. The minimum absolute atomic E-state index is 0.0418. The average Bonchev–Trinajstić information content (AvgIpc) is 2.29. The first-order chi connectivity index (χ1) is 8.47. The van der Waals surface area contributed by atoms with Crippen LogP contribution in [0.3, 0.4) is 0 Å². The Morgan fingerprint density at radius 2 is 2.06 bits per heavy atom. The summed E-state index contributed by atoms with van der Waals surface area (Å²) >= 11 is 0. The molecule has 2 rings (SSSR count). The van der Waals surface area contributed by atoms with E-state index in [0.29, 0.717) is 15.7 Å². The summed E-state index contributed by atoms with van der Waals surface area (Å²) in [6.45, 7) is 0. The van der Waals surface area contributed by atoms with E-state index in [-0.39, 0.29) is 5.82 Å². The molecule has 9 nitrogen and oxygen atoms in total. The van der Waals surface area contributed by atoms with Gasteiger partial charge in [0.05, 0.1) is 12.4 Å². The van der Waals surface area contributed by atoms with E-state index in [1.807, 2.05) is 0 Å². The van der Waals surface area contributed by atoms with Gasteiger partial charge in [-0.15, -0.1) is 9.46 Å². The van der Waals surface area contributed by atoms with Crippen molar-refractivity contribution in [2.24, 2.45) is 0 Å². The Hall–Kier alpha value is -2.91. The minimum atomic E-state index is -1.24. The number of hydrogen-bond donors (Lipinski definition) is 2. The fourth-order valence-electron chi connectivity index (χ4n) is 1.05. The summed E-state index contributed by atoms with van der Waals surface area (Å²) in [5.74, 6) is -1.29. The Balaban J connectivity index is 2.46. The highest BCUT2D eigenvalue weighted by Gasteiger charge is 2.06. The maximum atomic E-state index is 12.9. The van der Waals surface area contributed by atoms with Gasteiger partial charge in [-0.25, -0.2) is 9.59 Å². The number of aromatic nitrogens is 4. The molecule has 0 aliphatic rings. The molecule has 0 spiro atoms. The maximum Gasteiger partial charge on any atom is 0.384 e. The predicted molar refractivity (Wildman–Crippen MR) is 56.2 cm³/mol. The molecule has 3 N–H and O–H groups in total. The molecule has 0 aliphatic carbocycles. The summed E-state index contributed by atoms with van der Waals surface area (Å²) in [7, 11) is 0. The van der Waals surface area contributed by atoms with Crippen molar-refractivity contribution in [2.75, 3.05) is 5.73 Å². The second-order valence-electron chi connectivity index (χ2n) is 3.10. The highest BCUT2D eigenvalue weighted by atomic mass is 19.1. The molecule has 94 valence electrons. The highest BCUT2D eigenvalue weighted by molar-refractivity contribution is 5.23. The smallest absolute Gasteiger partial charge is 0.383 e. The number of nitrogens with one attached hydrogen (secondary N) is 1. The summed E-state index contributed by atoms with van der Waals surface area (Å²) in [4.78, 5) is 42.9. The van der Waals surface area contributed by atoms with Crippen LogP contribution in [-0.2, 0) is 0 Å². The van der Waals surface area contributed by atoms with E-state index in [9.17, 15) is 18.8 Å². The van der Waals surface area contributed by atoms with Crippen LogP contribution in [0, 0.1) is 5.82 Å². The SMILES string of the molecule is Nc1ccn(On2cc(F)c(=O)[nH]c2=O)c(=O)n1. The molecular formula is C8H6FN5O4. The van der Waals surface area contributed by atoms with Crippen LogP contribution in [0.15, 0.2) is 32.8 Å². The molecule has 2 heterocycles. The molecule has 0 unspecified atom stereocenters. The maximum absolute atomic E-state index is 12.9. The Morgan fingerprint density at radius 1 is 1.33 bits per heavy atom. The van der Waals surface area contributed by atoms with Gasteiger partial charge in [-0.05, 0) is 0 Å². The number of anilines is 1. The zero-order valence-electron chi connectivity index (χ0n) is 8.66. The zero-order valence-corrected chi connectivity index (χ0v) is 8.66. The molecular weight excluding hydrogens is 249 g/mol. The first-order valence-electron chi connectivity index (χ1n) is 4.53. The van der Waals surface area contributed by atoms with Crippen molar-refractivity contribution in [1.82, 2.24) is 19.4 Å². The van der Waals surface area contributed by atoms with Gasteiger partial charge in [0.1, 0.15) is 5.82 Å². The topological polar surface area (TPSA) is 125 Å². The fourth-order valence-corrected chi connectivity index (χ4v) is 1.05. The lowest BCUT2D eigenvalue weighted by molar-refractivity contribution is 0.0146. The number of H-pyrrole nitrogens is 1. The summed E-state index contributed by atoms with van der Waals surface area (Å²) in [5.41, 5.74) is 2.09. The molecule has 0 saturated heterocycles. The van der Waals surface area contributed by atoms with Crippen LogP contribution < -0.4 is 27.6 Å². The monoisotopic (exact) mass is 255 g/mol. The predicted octanol–water partition coefficient (Wildman–Crippen LogP) is -2.29. The molecule has 0 amide bonds. The lowest BCUT2D eigenvalue weighted by Crippen LogP contribution is -2.40. The van der Waals surface area contributed by atoms with Gasteiger partial charge in [-0.2, -0.15) is 9.37 Å². The van der Waals surface area contributed by atoms with Crippen molar-refractivity contribution < 1.29 is 9.33 Å². The second-order valence-corrected chi connectivity index (χ2v) is 3.10. The van der Waals surface area contributed by atoms with Gasteiger partial charge in [0.15, 0.2) is 0 Å². The number of hydrogen-bond acceptors (Lipinski definition) is 6.